The van der Waals surface area contributed by atoms with Crippen LogP contribution in [0.15, 0.2) is 36.4 Å². The molecule has 2 aromatic rings. The maximum absolute atomic E-state index is 10.4. The molecule has 2 aromatic carbocycles. The molecule has 3 fully saturated rings. The quantitative estimate of drug-likeness (QED) is 0.175. The second-order valence-electron chi connectivity index (χ2n) is 12.4. The zero-order chi connectivity index (χ0) is 32.0. The van der Waals surface area contributed by atoms with Crippen molar-refractivity contribution in [1.82, 2.24) is 4.90 Å². The molecular formula is C34H39NO10. The van der Waals surface area contributed by atoms with Crippen LogP contribution < -0.4 is 0 Å². The second-order valence-corrected chi connectivity index (χ2v) is 12.4. The number of likely N-dealkylation sites (tertiary alicyclic amines) is 1. The lowest BCUT2D eigenvalue weighted by atomic mass is 9.70. The van der Waals surface area contributed by atoms with Crippen molar-refractivity contribution in [2.45, 2.75) is 79.3 Å². The number of aliphatic hydroxyl groups is 8. The van der Waals surface area contributed by atoms with Crippen LogP contribution in [0.2, 0.25) is 0 Å². The topological polar surface area (TPSA) is 184 Å². The summed E-state index contributed by atoms with van der Waals surface area (Å²) in [6, 6.07) is 11.9. The van der Waals surface area contributed by atoms with E-state index in [9.17, 15) is 40.9 Å². The highest BCUT2D eigenvalue weighted by Crippen LogP contribution is 2.54. The number of rotatable bonds is 2. The van der Waals surface area contributed by atoms with Gasteiger partial charge in [0.2, 0.25) is 0 Å². The Balaban J connectivity index is 1.32. The predicted octanol–water partition coefficient (Wildman–Crippen LogP) is -1.93. The van der Waals surface area contributed by atoms with Crippen LogP contribution in [0, 0.1) is 23.7 Å². The summed E-state index contributed by atoms with van der Waals surface area (Å²) >= 11 is 0. The molecule has 0 bridgehead atoms. The minimum Gasteiger partial charge on any atom is -0.394 e. The lowest BCUT2D eigenvalue weighted by Crippen LogP contribution is -2.58. The average molecular weight is 622 g/mol. The van der Waals surface area contributed by atoms with Gasteiger partial charge in [-0.15, -0.1) is 0 Å². The van der Waals surface area contributed by atoms with Gasteiger partial charge in [-0.3, -0.25) is 0 Å². The standard InChI is InChI=1S/C34H39NO10/c1-35-12-10-34(11-13-35)22-14-18(4-8-24-28(38)32(42)30(40)26(16-36)44-24)2-6-20(22)21-7-3-19(15-23(21)34)5-9-25-29(39)33(43)31(41)27(17-37)45-25/h2-3,6-7,14-15,24-33,36-43H,10-13,16-17H2,1H3/t24-,25-,26-,27-,28-,29-,30-,31-,32-,33?/m1/s1. The largest absolute Gasteiger partial charge is 0.394 e. The fourth-order valence-corrected chi connectivity index (χ4v) is 6.94. The van der Waals surface area contributed by atoms with E-state index < -0.39 is 74.3 Å². The van der Waals surface area contributed by atoms with Crippen LogP contribution in [-0.4, -0.2) is 140 Å². The van der Waals surface area contributed by atoms with Crippen molar-refractivity contribution in [2.24, 2.45) is 0 Å². The van der Waals surface area contributed by atoms with Crippen LogP contribution in [0.1, 0.15) is 35.1 Å². The van der Waals surface area contributed by atoms with Crippen molar-refractivity contribution in [2.75, 3.05) is 33.4 Å². The van der Waals surface area contributed by atoms with Crippen LogP contribution in [-0.2, 0) is 14.9 Å². The number of benzene rings is 2. The minimum atomic E-state index is -1.50. The van der Waals surface area contributed by atoms with Crippen LogP contribution >= 0.6 is 0 Å². The molecular weight excluding hydrogens is 582 g/mol. The molecule has 45 heavy (non-hydrogen) atoms. The monoisotopic (exact) mass is 621 g/mol. The molecule has 11 heteroatoms. The molecule has 0 radical (unpaired) electrons. The molecule has 3 saturated heterocycles. The summed E-state index contributed by atoms with van der Waals surface area (Å²) in [4.78, 5) is 2.29. The van der Waals surface area contributed by atoms with Gasteiger partial charge >= 0.3 is 0 Å². The maximum atomic E-state index is 10.4. The van der Waals surface area contributed by atoms with Crippen molar-refractivity contribution in [1.29, 1.82) is 0 Å². The van der Waals surface area contributed by atoms with Gasteiger partial charge in [0.05, 0.1) is 13.2 Å². The molecule has 1 aliphatic carbocycles. The van der Waals surface area contributed by atoms with Gasteiger partial charge < -0.3 is 55.2 Å². The van der Waals surface area contributed by atoms with E-state index in [0.29, 0.717) is 11.1 Å². The third-order valence-electron chi connectivity index (χ3n) is 9.70. The molecule has 6 rings (SSSR count). The van der Waals surface area contributed by atoms with E-state index >= 15 is 0 Å². The van der Waals surface area contributed by atoms with E-state index in [-0.39, 0.29) is 5.41 Å². The van der Waals surface area contributed by atoms with Gasteiger partial charge in [0, 0.05) is 16.5 Å². The van der Waals surface area contributed by atoms with Crippen molar-refractivity contribution in [3.63, 3.8) is 0 Å². The molecule has 1 unspecified atom stereocenters. The van der Waals surface area contributed by atoms with E-state index in [2.05, 4.69) is 47.8 Å². The van der Waals surface area contributed by atoms with Gasteiger partial charge in [-0.05, 0) is 79.5 Å². The van der Waals surface area contributed by atoms with Gasteiger partial charge in [-0.1, -0.05) is 35.8 Å². The van der Waals surface area contributed by atoms with Gasteiger partial charge in [-0.2, -0.15) is 0 Å². The highest BCUT2D eigenvalue weighted by molar-refractivity contribution is 5.82. The first-order valence-corrected chi connectivity index (χ1v) is 15.2. The normalized spacial score (nSPS) is 35.5. The minimum absolute atomic E-state index is 0.307. The Labute approximate surface area is 261 Å². The maximum Gasteiger partial charge on any atom is 0.147 e. The Hall–Kier alpha value is -2.88. The summed E-state index contributed by atoms with van der Waals surface area (Å²) in [5, 5.41) is 80.3. The summed E-state index contributed by atoms with van der Waals surface area (Å²) in [6.07, 6.45) is -11.3. The fourth-order valence-electron chi connectivity index (χ4n) is 6.94. The number of hydrogen-bond acceptors (Lipinski definition) is 11. The zero-order valence-corrected chi connectivity index (χ0v) is 24.8. The number of piperidine rings is 1. The van der Waals surface area contributed by atoms with Crippen molar-refractivity contribution in [3.8, 4) is 34.8 Å². The smallest absolute Gasteiger partial charge is 0.147 e. The SMILES string of the molecule is CN1CCC2(CC1)c1cc(C#C[C@H]3O[C@H](CO)[C@@H](O)[C@H](O)[C@@H]3O)ccc1-c1ccc(C#C[C@H]3O[C@H](CO)[C@@H](O)C(O)[C@@H]3O)cc12. The first-order chi connectivity index (χ1) is 21.6. The van der Waals surface area contributed by atoms with Gasteiger partial charge in [0.1, 0.15) is 61.0 Å². The van der Waals surface area contributed by atoms with E-state index in [1.165, 1.54) is 0 Å². The first kappa shape index (κ1) is 32.1. The Morgan fingerprint density at radius 3 is 1.49 bits per heavy atom. The summed E-state index contributed by atoms with van der Waals surface area (Å²) in [5.41, 5.74) is 5.51. The fraction of sp³-hybridized carbons (Fsp3) is 0.529. The third-order valence-corrected chi connectivity index (χ3v) is 9.70. The van der Waals surface area contributed by atoms with Gasteiger partial charge in [0.15, 0.2) is 0 Å². The van der Waals surface area contributed by atoms with Crippen LogP contribution in [0.4, 0.5) is 0 Å². The number of ether oxygens (including phenoxy) is 2. The Bertz CT molecular complexity index is 1420. The van der Waals surface area contributed by atoms with Crippen molar-refractivity contribution < 1.29 is 50.3 Å². The third kappa shape index (κ3) is 5.69. The first-order valence-electron chi connectivity index (χ1n) is 15.2. The highest BCUT2D eigenvalue weighted by atomic mass is 16.5. The van der Waals surface area contributed by atoms with Crippen LogP contribution in [0.3, 0.4) is 0 Å². The summed E-state index contributed by atoms with van der Waals surface area (Å²) < 4.78 is 11.1. The predicted molar refractivity (Wildman–Crippen MR) is 161 cm³/mol. The number of hydrogen-bond donors (Lipinski definition) is 8. The summed E-state index contributed by atoms with van der Waals surface area (Å²) in [6.45, 7) is 0.707. The zero-order valence-electron chi connectivity index (χ0n) is 24.8. The number of aliphatic hydroxyl groups excluding tert-OH is 8. The Kier molecular flexibility index (Phi) is 9.07. The average Bonchev–Trinajstić information content (AvgIpc) is 3.31. The second kappa shape index (κ2) is 12.7. The molecule has 3 heterocycles. The lowest BCUT2D eigenvalue weighted by molar-refractivity contribution is -0.214. The van der Waals surface area contributed by atoms with E-state index in [4.69, 9.17) is 9.47 Å². The van der Waals surface area contributed by atoms with E-state index in [1.807, 2.05) is 24.3 Å². The number of nitrogens with zero attached hydrogens (tertiary/aromatic N) is 1. The molecule has 0 amide bonds. The van der Waals surface area contributed by atoms with E-state index in [0.717, 1.165) is 48.2 Å². The molecule has 8 N–H and O–H groups in total. The van der Waals surface area contributed by atoms with Crippen LogP contribution in [0.25, 0.3) is 11.1 Å². The highest BCUT2D eigenvalue weighted by Gasteiger charge is 2.46. The van der Waals surface area contributed by atoms with Gasteiger partial charge in [0.25, 0.3) is 0 Å². The Morgan fingerprint density at radius 2 is 1.09 bits per heavy atom. The van der Waals surface area contributed by atoms with Gasteiger partial charge in [-0.25, -0.2) is 0 Å². The molecule has 1 spiro atoms. The lowest BCUT2D eigenvalue weighted by Gasteiger charge is -2.39. The molecule has 3 aliphatic heterocycles. The van der Waals surface area contributed by atoms with Crippen LogP contribution in [0.5, 0.6) is 0 Å². The van der Waals surface area contributed by atoms with E-state index in [1.54, 1.807) is 0 Å². The molecule has 4 aliphatic rings. The summed E-state index contributed by atoms with van der Waals surface area (Å²) in [5.74, 6) is 11.9. The molecule has 0 aromatic heterocycles. The molecule has 11 nitrogen and oxygen atoms in total. The summed E-state index contributed by atoms with van der Waals surface area (Å²) in [7, 11) is 2.09. The van der Waals surface area contributed by atoms with Crippen molar-refractivity contribution >= 4 is 0 Å². The van der Waals surface area contributed by atoms with Crippen molar-refractivity contribution in [3.05, 3.63) is 58.7 Å². The molecule has 0 saturated carbocycles. The molecule has 240 valence electrons. The molecule has 10 atom stereocenters. The number of fused-ring (bicyclic) bond motifs is 5. The Morgan fingerprint density at radius 1 is 0.667 bits per heavy atom.